The van der Waals surface area contributed by atoms with Crippen molar-refractivity contribution >= 4 is 41.3 Å². The minimum Gasteiger partial charge on any atom is -0.375 e. The summed E-state index contributed by atoms with van der Waals surface area (Å²) < 4.78 is 5.49. The standard InChI is InChI=1S/C13H23N5OS.HI/c1-9-8-18(5-6-19-9)12(14)15-7-10-16-17-11(20-10)13(2,3)4;/h9H,5-8H2,1-4H3,(H2,14,15);1H. The Kier molecular flexibility index (Phi) is 6.79. The van der Waals surface area contributed by atoms with Crippen molar-refractivity contribution in [1.29, 1.82) is 0 Å². The van der Waals surface area contributed by atoms with Crippen LogP contribution in [0.15, 0.2) is 4.99 Å². The van der Waals surface area contributed by atoms with Crippen molar-refractivity contribution in [3.63, 3.8) is 0 Å². The molecule has 0 saturated carbocycles. The molecule has 1 saturated heterocycles. The lowest BCUT2D eigenvalue weighted by atomic mass is 9.98. The number of morpholine rings is 1. The second-order valence-electron chi connectivity index (χ2n) is 6.05. The van der Waals surface area contributed by atoms with Crippen LogP contribution in [0.1, 0.15) is 37.7 Å². The van der Waals surface area contributed by atoms with Crippen molar-refractivity contribution in [2.24, 2.45) is 10.7 Å². The van der Waals surface area contributed by atoms with E-state index in [0.717, 1.165) is 23.1 Å². The van der Waals surface area contributed by atoms with Crippen molar-refractivity contribution in [3.05, 3.63) is 10.0 Å². The molecule has 8 heteroatoms. The predicted molar refractivity (Wildman–Crippen MR) is 96.3 cm³/mol. The molecule has 0 bridgehead atoms. The Morgan fingerprint density at radius 1 is 1.48 bits per heavy atom. The van der Waals surface area contributed by atoms with Crippen LogP contribution in [0.2, 0.25) is 0 Å². The lowest BCUT2D eigenvalue weighted by molar-refractivity contribution is 0.00528. The summed E-state index contributed by atoms with van der Waals surface area (Å²) in [6, 6.07) is 0. The maximum atomic E-state index is 6.03. The molecule has 120 valence electrons. The predicted octanol–water partition coefficient (Wildman–Crippen LogP) is 1.99. The molecule has 2 rings (SSSR count). The van der Waals surface area contributed by atoms with Crippen molar-refractivity contribution in [3.8, 4) is 0 Å². The molecule has 21 heavy (non-hydrogen) atoms. The van der Waals surface area contributed by atoms with Gasteiger partial charge in [0.2, 0.25) is 0 Å². The fourth-order valence-corrected chi connectivity index (χ4v) is 2.72. The van der Waals surface area contributed by atoms with Gasteiger partial charge in [-0.3, -0.25) is 0 Å². The minimum absolute atomic E-state index is 0. The van der Waals surface area contributed by atoms with E-state index in [9.17, 15) is 0 Å². The average Bonchev–Trinajstić information content (AvgIpc) is 2.84. The molecule has 0 aliphatic carbocycles. The second-order valence-corrected chi connectivity index (χ2v) is 7.11. The average molecular weight is 425 g/mol. The molecular weight excluding hydrogens is 401 g/mol. The van der Waals surface area contributed by atoms with E-state index in [1.54, 1.807) is 11.3 Å². The Bertz CT molecular complexity index is 485. The zero-order valence-electron chi connectivity index (χ0n) is 13.0. The van der Waals surface area contributed by atoms with Gasteiger partial charge in [0, 0.05) is 18.5 Å². The number of nitrogens with zero attached hydrogens (tertiary/aromatic N) is 4. The zero-order chi connectivity index (χ0) is 14.8. The number of aliphatic imine (C=N–C) groups is 1. The van der Waals surface area contributed by atoms with E-state index in [-0.39, 0.29) is 35.5 Å². The van der Waals surface area contributed by atoms with Crippen LogP contribution in [-0.2, 0) is 16.7 Å². The van der Waals surface area contributed by atoms with Crippen molar-refractivity contribution in [2.45, 2.75) is 45.8 Å². The van der Waals surface area contributed by atoms with Crippen molar-refractivity contribution < 1.29 is 4.74 Å². The summed E-state index contributed by atoms with van der Waals surface area (Å²) in [5.74, 6) is 0.563. The van der Waals surface area contributed by atoms with E-state index in [2.05, 4.69) is 40.9 Å². The molecular formula is C13H24IN5OS. The van der Waals surface area contributed by atoms with Crippen LogP contribution >= 0.6 is 35.3 Å². The topological polar surface area (TPSA) is 76.6 Å². The lowest BCUT2D eigenvalue weighted by Gasteiger charge is -2.31. The van der Waals surface area contributed by atoms with Crippen LogP contribution in [0, 0.1) is 0 Å². The molecule has 1 aliphatic rings. The summed E-state index contributed by atoms with van der Waals surface area (Å²) in [4.78, 5) is 6.48. The maximum absolute atomic E-state index is 6.03. The highest BCUT2D eigenvalue weighted by atomic mass is 127. The molecule has 1 aromatic rings. The summed E-state index contributed by atoms with van der Waals surface area (Å²) in [6.45, 7) is 11.2. The number of rotatable bonds is 2. The number of aromatic nitrogens is 2. The smallest absolute Gasteiger partial charge is 0.191 e. The SMILES string of the molecule is CC1CN(C(N)=NCc2nnc(C(C)(C)C)s2)CCO1.I. The fourth-order valence-electron chi connectivity index (χ4n) is 1.90. The van der Waals surface area contributed by atoms with Crippen LogP contribution in [-0.4, -0.2) is 46.9 Å². The Labute approximate surface area is 147 Å². The third-order valence-electron chi connectivity index (χ3n) is 3.05. The van der Waals surface area contributed by atoms with Gasteiger partial charge in [-0.2, -0.15) is 0 Å². The Morgan fingerprint density at radius 2 is 2.19 bits per heavy atom. The molecule has 2 N–H and O–H groups in total. The van der Waals surface area contributed by atoms with E-state index < -0.39 is 0 Å². The highest BCUT2D eigenvalue weighted by Crippen LogP contribution is 2.25. The van der Waals surface area contributed by atoms with Gasteiger partial charge >= 0.3 is 0 Å². The van der Waals surface area contributed by atoms with Gasteiger partial charge in [-0.25, -0.2) is 4.99 Å². The highest BCUT2D eigenvalue weighted by molar-refractivity contribution is 14.0. The van der Waals surface area contributed by atoms with Gasteiger partial charge < -0.3 is 15.4 Å². The van der Waals surface area contributed by atoms with Gasteiger partial charge in [-0.1, -0.05) is 32.1 Å². The molecule has 0 aromatic carbocycles. The lowest BCUT2D eigenvalue weighted by Crippen LogP contribution is -2.47. The van der Waals surface area contributed by atoms with Crippen molar-refractivity contribution in [2.75, 3.05) is 19.7 Å². The summed E-state index contributed by atoms with van der Waals surface area (Å²) in [6.07, 6.45) is 0.200. The van der Waals surface area contributed by atoms with Gasteiger partial charge in [-0.05, 0) is 6.92 Å². The van der Waals surface area contributed by atoms with Gasteiger partial charge in [0.05, 0.1) is 19.3 Å². The maximum Gasteiger partial charge on any atom is 0.191 e. The van der Waals surface area contributed by atoms with E-state index in [0.29, 0.717) is 19.1 Å². The normalized spacial score (nSPS) is 20.3. The molecule has 2 heterocycles. The van der Waals surface area contributed by atoms with Crippen LogP contribution in [0.3, 0.4) is 0 Å². The highest BCUT2D eigenvalue weighted by Gasteiger charge is 2.20. The number of hydrogen-bond acceptors (Lipinski definition) is 5. The molecule has 1 atom stereocenters. The number of nitrogens with two attached hydrogens (primary N) is 1. The van der Waals surface area contributed by atoms with Crippen LogP contribution < -0.4 is 5.73 Å². The van der Waals surface area contributed by atoms with Crippen LogP contribution in [0.4, 0.5) is 0 Å². The molecule has 0 spiro atoms. The largest absolute Gasteiger partial charge is 0.375 e. The minimum atomic E-state index is 0. The first-order valence-corrected chi connectivity index (χ1v) is 7.67. The molecule has 1 unspecified atom stereocenters. The summed E-state index contributed by atoms with van der Waals surface area (Å²) in [7, 11) is 0. The molecule has 0 radical (unpaired) electrons. The third-order valence-corrected chi connectivity index (χ3v) is 4.38. The molecule has 6 nitrogen and oxygen atoms in total. The fraction of sp³-hybridized carbons (Fsp3) is 0.769. The van der Waals surface area contributed by atoms with E-state index >= 15 is 0 Å². The second kappa shape index (κ2) is 7.68. The van der Waals surface area contributed by atoms with Gasteiger partial charge in [0.15, 0.2) is 5.96 Å². The monoisotopic (exact) mass is 425 g/mol. The summed E-state index contributed by atoms with van der Waals surface area (Å²) in [5.41, 5.74) is 6.06. The van der Waals surface area contributed by atoms with Crippen LogP contribution in [0.5, 0.6) is 0 Å². The van der Waals surface area contributed by atoms with Gasteiger partial charge in [0.1, 0.15) is 10.0 Å². The number of guanidine groups is 1. The Balaban J connectivity index is 0.00000220. The first-order valence-electron chi connectivity index (χ1n) is 6.85. The Hall–Kier alpha value is -0.480. The quantitative estimate of drug-likeness (QED) is 0.446. The number of ether oxygens (including phenoxy) is 1. The first-order chi connectivity index (χ1) is 9.36. The van der Waals surface area contributed by atoms with E-state index in [1.165, 1.54) is 0 Å². The summed E-state index contributed by atoms with van der Waals surface area (Å²) >= 11 is 1.60. The Morgan fingerprint density at radius 3 is 2.76 bits per heavy atom. The van der Waals surface area contributed by atoms with Gasteiger partial charge in [-0.15, -0.1) is 34.2 Å². The zero-order valence-corrected chi connectivity index (χ0v) is 16.1. The van der Waals surface area contributed by atoms with Gasteiger partial charge in [0.25, 0.3) is 0 Å². The number of hydrogen-bond donors (Lipinski definition) is 1. The van der Waals surface area contributed by atoms with E-state index in [1.807, 2.05) is 6.92 Å². The van der Waals surface area contributed by atoms with Crippen LogP contribution in [0.25, 0.3) is 0 Å². The first kappa shape index (κ1) is 18.6. The molecule has 1 aromatic heterocycles. The molecule has 0 amide bonds. The number of halogens is 1. The van der Waals surface area contributed by atoms with E-state index in [4.69, 9.17) is 10.5 Å². The molecule has 1 aliphatic heterocycles. The molecule has 1 fully saturated rings. The van der Waals surface area contributed by atoms with Crippen molar-refractivity contribution in [1.82, 2.24) is 15.1 Å². The third kappa shape index (κ3) is 5.33. The summed E-state index contributed by atoms with van der Waals surface area (Å²) in [5, 5.41) is 10.3.